The summed E-state index contributed by atoms with van der Waals surface area (Å²) in [5, 5.41) is 0. The Balaban J connectivity index is 2.50. The van der Waals surface area contributed by atoms with Crippen LogP contribution >= 0.6 is 0 Å². The summed E-state index contributed by atoms with van der Waals surface area (Å²) in [6.07, 6.45) is 0. The van der Waals surface area contributed by atoms with E-state index in [-0.39, 0.29) is 0 Å². The van der Waals surface area contributed by atoms with Crippen LogP contribution in [0.15, 0.2) is 58.3 Å². The second kappa shape index (κ2) is 4.34. The molecule has 0 atom stereocenters. The number of aryl methyl sites for hydroxylation is 2. The van der Waals surface area contributed by atoms with Crippen molar-refractivity contribution in [2.75, 3.05) is 0 Å². The molecule has 2 aromatic rings. The smallest absolute Gasteiger partial charge is 0.101 e. The van der Waals surface area contributed by atoms with Gasteiger partial charge in [0.05, 0.1) is 9.79 Å². The second-order valence-corrected chi connectivity index (χ2v) is 6.24. The van der Waals surface area contributed by atoms with Crippen molar-refractivity contribution in [3.8, 4) is 0 Å². The lowest BCUT2D eigenvalue weighted by molar-refractivity contribution is 0.674. The molecule has 2 rings (SSSR count). The molecular weight excluding hydrogens is 230 g/mol. The lowest BCUT2D eigenvalue weighted by Gasteiger charge is -2.08. The maximum atomic E-state index is 12.5. The molecule has 0 spiro atoms. The minimum Gasteiger partial charge on any atom is -0.245 e. The Labute approximate surface area is 102 Å². The van der Waals surface area contributed by atoms with Gasteiger partial charge in [0.15, 0.2) is 0 Å². The monoisotopic (exact) mass is 245 g/mol. The molecule has 0 radical (unpaired) electrons. The van der Waals surface area contributed by atoms with Crippen molar-refractivity contribution in [1.29, 1.82) is 4.78 Å². The Hall–Kier alpha value is -1.61. The lowest BCUT2D eigenvalue weighted by atomic mass is 10.2. The summed E-state index contributed by atoms with van der Waals surface area (Å²) in [5.41, 5.74) is 2.21. The Morgan fingerprint density at radius 2 is 1.06 bits per heavy atom. The molecule has 0 heterocycles. The molecule has 3 heteroatoms. The number of nitrogens with one attached hydrogen (secondary N) is 1. The summed E-state index contributed by atoms with van der Waals surface area (Å²) in [5.74, 6) is 0. The molecule has 0 saturated heterocycles. The van der Waals surface area contributed by atoms with Gasteiger partial charge < -0.3 is 0 Å². The Morgan fingerprint density at radius 1 is 0.765 bits per heavy atom. The number of hydrogen-bond donors (Lipinski definition) is 1. The minimum absolute atomic E-state index is 0.562. The van der Waals surface area contributed by atoms with Gasteiger partial charge in [-0.2, -0.15) is 0 Å². The van der Waals surface area contributed by atoms with E-state index in [1.54, 1.807) is 24.3 Å². The molecule has 0 amide bonds. The van der Waals surface area contributed by atoms with Gasteiger partial charge in [-0.1, -0.05) is 35.4 Å². The highest BCUT2D eigenvalue weighted by molar-refractivity contribution is 7.92. The van der Waals surface area contributed by atoms with Gasteiger partial charge in [-0.15, -0.1) is 0 Å². The van der Waals surface area contributed by atoms with E-state index in [9.17, 15) is 4.21 Å². The largest absolute Gasteiger partial charge is 0.245 e. The molecule has 0 aliphatic carbocycles. The lowest BCUT2D eigenvalue weighted by Crippen LogP contribution is -1.99. The standard InChI is InChI=1S/C14H15NOS/c1-11-3-7-13(8-4-11)17(15,16)14-9-5-12(2)6-10-14/h3-10,15H,1-2H3. The van der Waals surface area contributed by atoms with Crippen LogP contribution in [0.2, 0.25) is 0 Å². The van der Waals surface area contributed by atoms with Crippen LogP contribution in [0.1, 0.15) is 11.1 Å². The fraction of sp³-hybridized carbons (Fsp3) is 0.143. The van der Waals surface area contributed by atoms with Crippen LogP contribution in [0.25, 0.3) is 0 Å². The van der Waals surface area contributed by atoms with Gasteiger partial charge in [0.25, 0.3) is 0 Å². The first kappa shape index (κ1) is 11.9. The number of rotatable bonds is 2. The third-order valence-electron chi connectivity index (χ3n) is 2.71. The summed E-state index contributed by atoms with van der Waals surface area (Å²) < 4.78 is 20.6. The van der Waals surface area contributed by atoms with Gasteiger partial charge in [-0.25, -0.2) is 8.99 Å². The topological polar surface area (TPSA) is 40.9 Å². The van der Waals surface area contributed by atoms with Gasteiger partial charge in [0, 0.05) is 0 Å². The summed E-state index contributed by atoms with van der Waals surface area (Å²) >= 11 is 0. The second-order valence-electron chi connectivity index (χ2n) is 4.18. The fourth-order valence-corrected chi connectivity index (χ4v) is 2.91. The molecule has 0 aliphatic rings. The van der Waals surface area contributed by atoms with Crippen molar-refractivity contribution < 1.29 is 4.21 Å². The first-order chi connectivity index (χ1) is 8.00. The quantitative estimate of drug-likeness (QED) is 0.859. The van der Waals surface area contributed by atoms with Crippen LogP contribution in [-0.4, -0.2) is 4.21 Å². The van der Waals surface area contributed by atoms with E-state index < -0.39 is 9.73 Å². The third-order valence-corrected chi connectivity index (χ3v) is 4.58. The Kier molecular flexibility index (Phi) is 3.03. The van der Waals surface area contributed by atoms with Crippen molar-refractivity contribution >= 4 is 9.73 Å². The highest BCUT2D eigenvalue weighted by atomic mass is 32.2. The first-order valence-corrected chi connectivity index (χ1v) is 6.98. The molecule has 1 N–H and O–H groups in total. The summed E-state index contributed by atoms with van der Waals surface area (Å²) in [4.78, 5) is 1.12. The zero-order valence-corrected chi connectivity index (χ0v) is 10.8. The van der Waals surface area contributed by atoms with E-state index >= 15 is 0 Å². The highest BCUT2D eigenvalue weighted by Crippen LogP contribution is 2.22. The molecule has 88 valence electrons. The van der Waals surface area contributed by atoms with Crippen LogP contribution in [0.5, 0.6) is 0 Å². The maximum absolute atomic E-state index is 12.5. The van der Waals surface area contributed by atoms with Crippen LogP contribution < -0.4 is 0 Å². The van der Waals surface area contributed by atoms with E-state index in [0.29, 0.717) is 9.79 Å². The van der Waals surface area contributed by atoms with E-state index in [1.165, 1.54) is 0 Å². The zero-order chi connectivity index (χ0) is 12.5. The Bertz CT molecular complexity index is 559. The van der Waals surface area contributed by atoms with E-state index in [1.807, 2.05) is 38.1 Å². The van der Waals surface area contributed by atoms with Gasteiger partial charge in [0.2, 0.25) is 0 Å². The maximum Gasteiger partial charge on any atom is 0.101 e. The summed E-state index contributed by atoms with van der Waals surface area (Å²) in [6.45, 7) is 3.95. The van der Waals surface area contributed by atoms with Crippen LogP contribution in [-0.2, 0) is 9.73 Å². The average molecular weight is 245 g/mol. The molecule has 2 aromatic carbocycles. The van der Waals surface area contributed by atoms with Crippen molar-refractivity contribution in [2.45, 2.75) is 23.6 Å². The normalized spacial score (nSPS) is 11.4. The molecule has 0 unspecified atom stereocenters. The number of benzene rings is 2. The van der Waals surface area contributed by atoms with Gasteiger partial charge in [0.1, 0.15) is 9.73 Å². The van der Waals surface area contributed by atoms with Crippen LogP contribution in [0.4, 0.5) is 0 Å². The van der Waals surface area contributed by atoms with Gasteiger partial charge in [-0.05, 0) is 38.1 Å². The number of hydrogen-bond acceptors (Lipinski definition) is 2. The van der Waals surface area contributed by atoms with Gasteiger partial charge in [-0.3, -0.25) is 0 Å². The molecule has 0 saturated carbocycles. The molecule has 0 fully saturated rings. The zero-order valence-electron chi connectivity index (χ0n) is 9.94. The Morgan fingerprint density at radius 3 is 1.35 bits per heavy atom. The van der Waals surface area contributed by atoms with Crippen molar-refractivity contribution in [2.24, 2.45) is 0 Å². The van der Waals surface area contributed by atoms with Crippen molar-refractivity contribution in [3.05, 3.63) is 59.7 Å². The predicted molar refractivity (Wildman–Crippen MR) is 69.8 cm³/mol. The van der Waals surface area contributed by atoms with Crippen LogP contribution in [0.3, 0.4) is 0 Å². The summed E-state index contributed by atoms with van der Waals surface area (Å²) in [7, 11) is -2.87. The van der Waals surface area contributed by atoms with Crippen LogP contribution in [0, 0.1) is 18.6 Å². The molecule has 0 bridgehead atoms. The molecule has 0 aromatic heterocycles. The van der Waals surface area contributed by atoms with Gasteiger partial charge >= 0.3 is 0 Å². The van der Waals surface area contributed by atoms with Crippen molar-refractivity contribution in [3.63, 3.8) is 0 Å². The highest BCUT2D eigenvalue weighted by Gasteiger charge is 2.12. The van der Waals surface area contributed by atoms with E-state index in [2.05, 4.69) is 0 Å². The van der Waals surface area contributed by atoms with Crippen molar-refractivity contribution in [1.82, 2.24) is 0 Å². The predicted octanol–water partition coefficient (Wildman–Crippen LogP) is 3.77. The minimum atomic E-state index is -2.87. The molecule has 17 heavy (non-hydrogen) atoms. The average Bonchev–Trinajstić information content (AvgIpc) is 2.30. The third kappa shape index (κ3) is 2.39. The molecular formula is C14H15NOS. The summed E-state index contributed by atoms with van der Waals surface area (Å²) in [6, 6.07) is 14.6. The van der Waals surface area contributed by atoms with E-state index in [4.69, 9.17) is 4.78 Å². The first-order valence-electron chi connectivity index (χ1n) is 5.42. The van der Waals surface area contributed by atoms with E-state index in [0.717, 1.165) is 11.1 Å². The fourth-order valence-electron chi connectivity index (χ4n) is 1.60. The molecule has 2 nitrogen and oxygen atoms in total. The SMILES string of the molecule is Cc1ccc(S(=N)(=O)c2ccc(C)cc2)cc1. The molecule has 0 aliphatic heterocycles.